The van der Waals surface area contributed by atoms with E-state index in [0.717, 1.165) is 22.3 Å². The SMILES string of the molecule is CCn1c(=O)[nH]c2cc(C(=O)N[C@H](C)C34CC5CC(CC(C5)C3)C4)ccc2c1=O. The molecule has 29 heavy (non-hydrogen) atoms. The van der Waals surface area contributed by atoms with Crippen LogP contribution in [0.2, 0.25) is 0 Å². The lowest BCUT2D eigenvalue weighted by atomic mass is 9.48. The minimum atomic E-state index is -0.440. The topological polar surface area (TPSA) is 84.0 Å². The summed E-state index contributed by atoms with van der Waals surface area (Å²) in [7, 11) is 0. The maximum atomic E-state index is 13.0. The monoisotopic (exact) mass is 395 g/mol. The molecular weight excluding hydrogens is 366 g/mol. The largest absolute Gasteiger partial charge is 0.349 e. The van der Waals surface area contributed by atoms with Gasteiger partial charge in [-0.1, -0.05) is 0 Å². The summed E-state index contributed by atoms with van der Waals surface area (Å²) in [5, 5.41) is 3.68. The fraction of sp³-hybridized carbons (Fsp3) is 0.609. The molecule has 0 unspecified atom stereocenters. The molecule has 6 rings (SSSR count). The number of hydrogen-bond acceptors (Lipinski definition) is 3. The molecule has 1 heterocycles. The highest BCUT2D eigenvalue weighted by atomic mass is 16.2. The van der Waals surface area contributed by atoms with Gasteiger partial charge in [0.05, 0.1) is 10.9 Å². The van der Waals surface area contributed by atoms with Gasteiger partial charge in [-0.05, 0) is 93.7 Å². The third-order valence-electron chi connectivity index (χ3n) is 7.91. The number of aromatic nitrogens is 2. The minimum absolute atomic E-state index is 0.129. The lowest BCUT2D eigenvalue weighted by Gasteiger charge is -2.59. The standard InChI is InChI=1S/C23H29N3O3/c1-3-26-21(28)18-5-4-17(9-19(18)25-22(26)29)20(27)24-13(2)23-10-14-6-15(11-23)8-16(7-14)12-23/h4-5,9,13-16H,3,6-8,10-12H2,1-2H3,(H,24,27)(H,25,29)/t13-,14?,15?,16?,23?/m1/s1. The van der Waals surface area contributed by atoms with Crippen molar-refractivity contribution in [3.8, 4) is 0 Å². The summed E-state index contributed by atoms with van der Waals surface area (Å²) in [4.78, 5) is 40.3. The first kappa shape index (κ1) is 18.6. The maximum absolute atomic E-state index is 13.0. The Kier molecular flexibility index (Phi) is 4.23. The van der Waals surface area contributed by atoms with Crippen molar-refractivity contribution in [2.75, 3.05) is 0 Å². The molecule has 0 spiro atoms. The fourth-order valence-corrected chi connectivity index (χ4v) is 6.82. The molecule has 6 nitrogen and oxygen atoms in total. The molecule has 0 radical (unpaired) electrons. The number of rotatable bonds is 4. The van der Waals surface area contributed by atoms with E-state index in [1.54, 1.807) is 25.1 Å². The Morgan fingerprint density at radius 2 is 1.79 bits per heavy atom. The second-order valence-corrected chi connectivity index (χ2v) is 9.72. The predicted octanol–water partition coefficient (Wildman–Crippen LogP) is 3.04. The average Bonchev–Trinajstić information content (AvgIpc) is 2.66. The first-order chi connectivity index (χ1) is 13.9. The van der Waals surface area contributed by atoms with Gasteiger partial charge in [0.1, 0.15) is 0 Å². The number of nitrogens with zero attached hydrogens (tertiary/aromatic N) is 1. The summed E-state index contributed by atoms with van der Waals surface area (Å²) < 4.78 is 1.16. The summed E-state index contributed by atoms with van der Waals surface area (Å²) in [5.74, 6) is 2.39. The van der Waals surface area contributed by atoms with Crippen molar-refractivity contribution in [3.05, 3.63) is 44.6 Å². The van der Waals surface area contributed by atoms with Gasteiger partial charge in [-0.3, -0.25) is 14.2 Å². The van der Waals surface area contributed by atoms with Gasteiger partial charge in [0.15, 0.2) is 0 Å². The van der Waals surface area contributed by atoms with E-state index < -0.39 is 5.69 Å². The predicted molar refractivity (Wildman–Crippen MR) is 112 cm³/mol. The summed E-state index contributed by atoms with van der Waals surface area (Å²) >= 11 is 0. The van der Waals surface area contributed by atoms with Crippen LogP contribution in [0.3, 0.4) is 0 Å². The van der Waals surface area contributed by atoms with E-state index in [2.05, 4.69) is 17.2 Å². The lowest BCUT2D eigenvalue weighted by molar-refractivity contribution is -0.0688. The molecule has 2 aromatic rings. The van der Waals surface area contributed by atoms with Crippen molar-refractivity contribution in [2.24, 2.45) is 23.2 Å². The molecule has 154 valence electrons. The number of aromatic amines is 1. The van der Waals surface area contributed by atoms with E-state index in [4.69, 9.17) is 0 Å². The van der Waals surface area contributed by atoms with Crippen LogP contribution in [0.25, 0.3) is 10.9 Å². The molecule has 0 aliphatic heterocycles. The van der Waals surface area contributed by atoms with Crippen molar-refractivity contribution < 1.29 is 4.79 Å². The zero-order valence-corrected chi connectivity index (χ0v) is 17.2. The molecule has 4 aliphatic carbocycles. The number of carbonyl (C=O) groups excluding carboxylic acids is 1. The highest BCUT2D eigenvalue weighted by Crippen LogP contribution is 2.61. The molecule has 1 atom stereocenters. The van der Waals surface area contributed by atoms with E-state index in [0.29, 0.717) is 23.0 Å². The fourth-order valence-electron chi connectivity index (χ4n) is 6.82. The highest BCUT2D eigenvalue weighted by molar-refractivity contribution is 5.97. The van der Waals surface area contributed by atoms with Crippen molar-refractivity contribution in [2.45, 2.75) is 65.0 Å². The summed E-state index contributed by atoms with van der Waals surface area (Å²) in [5.41, 5.74) is 0.382. The third-order valence-corrected chi connectivity index (χ3v) is 7.91. The smallest absolute Gasteiger partial charge is 0.328 e. The summed E-state index contributed by atoms with van der Waals surface area (Å²) in [6.07, 6.45) is 7.86. The van der Waals surface area contributed by atoms with Gasteiger partial charge in [-0.15, -0.1) is 0 Å². The van der Waals surface area contributed by atoms with Gasteiger partial charge < -0.3 is 10.3 Å². The number of nitrogens with one attached hydrogen (secondary N) is 2. The molecule has 4 fully saturated rings. The normalized spacial score (nSPS) is 31.2. The molecule has 1 aromatic carbocycles. The first-order valence-corrected chi connectivity index (χ1v) is 11.0. The van der Waals surface area contributed by atoms with E-state index in [1.807, 2.05) is 0 Å². The number of amides is 1. The zero-order valence-electron chi connectivity index (χ0n) is 17.2. The van der Waals surface area contributed by atoms with Crippen LogP contribution in [0.5, 0.6) is 0 Å². The molecule has 1 amide bonds. The van der Waals surface area contributed by atoms with Crippen LogP contribution >= 0.6 is 0 Å². The third kappa shape index (κ3) is 2.95. The summed E-state index contributed by atoms with van der Waals surface area (Å²) in [6, 6.07) is 5.08. The summed E-state index contributed by atoms with van der Waals surface area (Å²) in [6.45, 7) is 4.24. The molecule has 0 saturated heterocycles. The van der Waals surface area contributed by atoms with Gasteiger partial charge in [-0.25, -0.2) is 4.79 Å². The lowest BCUT2D eigenvalue weighted by Crippen LogP contribution is -2.55. The molecule has 6 heteroatoms. The number of H-pyrrole nitrogens is 1. The van der Waals surface area contributed by atoms with Crippen LogP contribution in [0.15, 0.2) is 27.8 Å². The van der Waals surface area contributed by atoms with Crippen LogP contribution in [0.1, 0.15) is 62.7 Å². The molecule has 2 N–H and O–H groups in total. The van der Waals surface area contributed by atoms with E-state index >= 15 is 0 Å². The Morgan fingerprint density at radius 3 is 2.38 bits per heavy atom. The number of carbonyl (C=O) groups is 1. The van der Waals surface area contributed by atoms with Crippen LogP contribution in [0, 0.1) is 23.2 Å². The van der Waals surface area contributed by atoms with Crippen LogP contribution in [-0.2, 0) is 6.54 Å². The van der Waals surface area contributed by atoms with Crippen LogP contribution in [0.4, 0.5) is 0 Å². The van der Waals surface area contributed by atoms with Crippen LogP contribution in [-0.4, -0.2) is 21.5 Å². The number of benzene rings is 1. The van der Waals surface area contributed by atoms with E-state index in [9.17, 15) is 14.4 Å². The molecular formula is C23H29N3O3. The van der Waals surface area contributed by atoms with Gasteiger partial charge in [0.25, 0.3) is 11.5 Å². The maximum Gasteiger partial charge on any atom is 0.328 e. The van der Waals surface area contributed by atoms with Crippen molar-refractivity contribution in [1.29, 1.82) is 0 Å². The van der Waals surface area contributed by atoms with E-state index in [1.165, 1.54) is 38.5 Å². The van der Waals surface area contributed by atoms with Crippen molar-refractivity contribution in [3.63, 3.8) is 0 Å². The second kappa shape index (κ2) is 6.57. The minimum Gasteiger partial charge on any atom is -0.349 e. The zero-order chi connectivity index (χ0) is 20.3. The highest BCUT2D eigenvalue weighted by Gasteiger charge is 2.53. The van der Waals surface area contributed by atoms with Crippen LogP contribution < -0.4 is 16.6 Å². The quantitative estimate of drug-likeness (QED) is 0.835. The van der Waals surface area contributed by atoms with Crippen molar-refractivity contribution in [1.82, 2.24) is 14.9 Å². The van der Waals surface area contributed by atoms with Gasteiger partial charge in [0, 0.05) is 18.2 Å². The van der Waals surface area contributed by atoms with Gasteiger partial charge >= 0.3 is 5.69 Å². The first-order valence-electron chi connectivity index (χ1n) is 11.0. The molecule has 4 aliphatic rings. The van der Waals surface area contributed by atoms with Gasteiger partial charge in [0.2, 0.25) is 0 Å². The molecule has 1 aromatic heterocycles. The Bertz CT molecular complexity index is 1060. The Hall–Kier alpha value is -2.37. The Morgan fingerprint density at radius 1 is 1.17 bits per heavy atom. The Labute approximate surface area is 169 Å². The second-order valence-electron chi connectivity index (χ2n) is 9.72. The molecule has 4 bridgehead atoms. The molecule has 4 saturated carbocycles. The number of hydrogen-bond donors (Lipinski definition) is 2. The average molecular weight is 396 g/mol. The van der Waals surface area contributed by atoms with Crippen molar-refractivity contribution >= 4 is 16.8 Å². The van der Waals surface area contributed by atoms with Gasteiger partial charge in [-0.2, -0.15) is 0 Å². The Balaban J connectivity index is 1.40. The number of fused-ring (bicyclic) bond motifs is 1. The van der Waals surface area contributed by atoms with E-state index in [-0.39, 0.29) is 22.9 Å².